The quantitative estimate of drug-likeness (QED) is 0.226. The molecule has 10 nitrogen and oxygen atoms in total. The second kappa shape index (κ2) is 13.9. The van der Waals surface area contributed by atoms with Crippen molar-refractivity contribution in [3.05, 3.63) is 71.2 Å². The summed E-state index contributed by atoms with van der Waals surface area (Å²) in [5.41, 5.74) is 3.16. The third kappa shape index (κ3) is 7.80. The van der Waals surface area contributed by atoms with Gasteiger partial charge in [0.05, 0.1) is 44.7 Å². The van der Waals surface area contributed by atoms with E-state index in [4.69, 9.17) is 30.5 Å². The molecule has 214 valence electrons. The molecule has 0 aliphatic rings. The van der Waals surface area contributed by atoms with Crippen LogP contribution in [0, 0.1) is 5.92 Å². The minimum Gasteiger partial charge on any atom is -0.495 e. The molecule has 0 fully saturated rings. The molecule has 0 atom stereocenters. The number of benzene rings is 3. The Kier molecular flexibility index (Phi) is 10.6. The first-order valence-electron chi connectivity index (χ1n) is 12.2. The molecule has 3 aromatic carbocycles. The molecule has 1 N–H and O–H groups in total. The van der Waals surface area contributed by atoms with E-state index in [1.54, 1.807) is 30.3 Å². The third-order valence-electron chi connectivity index (χ3n) is 5.51. The van der Waals surface area contributed by atoms with Gasteiger partial charge in [0.2, 0.25) is 0 Å². The van der Waals surface area contributed by atoms with Gasteiger partial charge in [0.15, 0.2) is 11.5 Å². The summed E-state index contributed by atoms with van der Waals surface area (Å²) in [7, 11) is -0.0988. The van der Waals surface area contributed by atoms with Crippen LogP contribution in [-0.4, -0.2) is 55.0 Å². The smallest absolute Gasteiger partial charge is 0.265 e. The van der Waals surface area contributed by atoms with Gasteiger partial charge in [-0.3, -0.25) is 9.10 Å². The molecule has 0 heterocycles. The van der Waals surface area contributed by atoms with Crippen molar-refractivity contribution in [2.45, 2.75) is 18.7 Å². The summed E-state index contributed by atoms with van der Waals surface area (Å²) in [6.45, 7) is 4.11. The van der Waals surface area contributed by atoms with E-state index >= 15 is 0 Å². The highest BCUT2D eigenvalue weighted by Gasteiger charge is 2.30. The molecule has 0 saturated carbocycles. The molecule has 0 radical (unpaired) electrons. The maximum Gasteiger partial charge on any atom is 0.265 e. The fraction of sp³-hybridized carbons (Fsp3) is 0.286. The SMILES string of the molecule is COc1ccc(S(=O)(=O)N(CC(=O)N/N=C\c2ccc(OCC(C)C)cc2)c2cc(Cl)ccc2OC)cc1OC. The van der Waals surface area contributed by atoms with Crippen LogP contribution < -0.4 is 28.7 Å². The Bertz CT molecular complexity index is 1440. The number of nitrogens with one attached hydrogen (secondary N) is 1. The number of methoxy groups -OCH3 is 3. The summed E-state index contributed by atoms with van der Waals surface area (Å²) in [5, 5.41) is 4.23. The number of sulfonamides is 1. The standard InChI is InChI=1S/C28H32ClN3O7S/c1-19(2)18-39-22-9-6-20(7-10-22)16-30-31-28(33)17-32(24-14-21(29)8-12-25(24)36-3)40(34,35)23-11-13-26(37-4)27(15-23)38-5/h6-16,19H,17-18H2,1-5H3,(H,31,33)/b30-16-. The molecule has 12 heteroatoms. The Hall–Kier alpha value is -3.96. The van der Waals surface area contributed by atoms with E-state index in [-0.39, 0.29) is 27.1 Å². The summed E-state index contributed by atoms with van der Waals surface area (Å²) in [5.74, 6) is 1.18. The first kappa shape index (κ1) is 30.6. The molecule has 40 heavy (non-hydrogen) atoms. The monoisotopic (exact) mass is 589 g/mol. The highest BCUT2D eigenvalue weighted by Crippen LogP contribution is 2.37. The second-order valence-electron chi connectivity index (χ2n) is 8.91. The summed E-state index contributed by atoms with van der Waals surface area (Å²) in [4.78, 5) is 12.8. The molecule has 0 unspecified atom stereocenters. The summed E-state index contributed by atoms with van der Waals surface area (Å²) >= 11 is 6.19. The average molecular weight is 590 g/mol. The van der Waals surface area contributed by atoms with Gasteiger partial charge in [0.1, 0.15) is 18.0 Å². The highest BCUT2D eigenvalue weighted by atomic mass is 35.5. The van der Waals surface area contributed by atoms with Crippen molar-refractivity contribution >= 4 is 39.4 Å². The number of anilines is 1. The first-order chi connectivity index (χ1) is 19.1. The molecule has 1 amide bonds. The molecular weight excluding hydrogens is 558 g/mol. The van der Waals surface area contributed by atoms with Gasteiger partial charge in [-0.25, -0.2) is 13.8 Å². The Morgan fingerprint density at radius 3 is 2.23 bits per heavy atom. The maximum absolute atomic E-state index is 13.8. The lowest BCUT2D eigenvalue weighted by molar-refractivity contribution is -0.119. The van der Waals surface area contributed by atoms with E-state index < -0.39 is 22.5 Å². The van der Waals surface area contributed by atoms with Gasteiger partial charge in [0, 0.05) is 11.1 Å². The Morgan fingerprint density at radius 1 is 0.950 bits per heavy atom. The van der Waals surface area contributed by atoms with Gasteiger partial charge in [-0.05, 0) is 66.1 Å². The van der Waals surface area contributed by atoms with Crippen molar-refractivity contribution in [2.75, 3.05) is 38.8 Å². The minimum absolute atomic E-state index is 0.0703. The fourth-order valence-corrected chi connectivity index (χ4v) is 5.13. The van der Waals surface area contributed by atoms with Crippen molar-refractivity contribution in [1.82, 2.24) is 5.43 Å². The number of carbonyl (C=O) groups is 1. The van der Waals surface area contributed by atoms with Gasteiger partial charge in [-0.1, -0.05) is 25.4 Å². The summed E-state index contributed by atoms with van der Waals surface area (Å²) < 4.78 is 50.1. The third-order valence-corrected chi connectivity index (χ3v) is 7.50. The number of carbonyl (C=O) groups excluding carboxylic acids is 1. The van der Waals surface area contributed by atoms with Crippen LogP contribution >= 0.6 is 11.6 Å². The summed E-state index contributed by atoms with van der Waals surface area (Å²) in [6, 6.07) is 15.8. The fourth-order valence-electron chi connectivity index (χ4n) is 3.52. The van der Waals surface area contributed by atoms with Crippen molar-refractivity contribution in [1.29, 1.82) is 0 Å². The van der Waals surface area contributed by atoms with E-state index in [1.165, 1.54) is 57.9 Å². The lowest BCUT2D eigenvalue weighted by Gasteiger charge is -2.25. The minimum atomic E-state index is -4.32. The van der Waals surface area contributed by atoms with Crippen molar-refractivity contribution in [2.24, 2.45) is 11.0 Å². The van der Waals surface area contributed by atoms with Crippen LogP contribution in [0.3, 0.4) is 0 Å². The number of rotatable bonds is 13. The maximum atomic E-state index is 13.8. The molecule has 0 aliphatic carbocycles. The lowest BCUT2D eigenvalue weighted by atomic mass is 10.2. The molecule has 0 spiro atoms. The molecule has 0 aliphatic heterocycles. The van der Waals surface area contributed by atoms with Gasteiger partial charge >= 0.3 is 0 Å². The van der Waals surface area contributed by atoms with Gasteiger partial charge in [-0.15, -0.1) is 0 Å². The molecule has 0 aromatic heterocycles. The van der Waals surface area contributed by atoms with Crippen LogP contribution in [0.25, 0.3) is 0 Å². The zero-order valence-corrected chi connectivity index (χ0v) is 24.5. The number of hydrazone groups is 1. The van der Waals surface area contributed by atoms with Crippen molar-refractivity contribution < 1.29 is 32.2 Å². The Balaban J connectivity index is 1.87. The number of amides is 1. The van der Waals surface area contributed by atoms with Crippen LogP contribution in [0.15, 0.2) is 70.7 Å². The van der Waals surface area contributed by atoms with Crippen LogP contribution in [0.5, 0.6) is 23.0 Å². The predicted octanol–water partition coefficient (Wildman–Crippen LogP) is 4.75. The number of nitrogens with zero attached hydrogens (tertiary/aromatic N) is 2. The second-order valence-corrected chi connectivity index (χ2v) is 11.2. The van der Waals surface area contributed by atoms with Crippen molar-refractivity contribution in [3.63, 3.8) is 0 Å². The van der Waals surface area contributed by atoms with E-state index in [9.17, 15) is 13.2 Å². The van der Waals surface area contributed by atoms with Crippen molar-refractivity contribution in [3.8, 4) is 23.0 Å². The molecular formula is C28H32ClN3O7S. The Morgan fingerprint density at radius 2 is 1.60 bits per heavy atom. The number of ether oxygens (including phenoxy) is 4. The topological polar surface area (TPSA) is 116 Å². The van der Waals surface area contributed by atoms with E-state index in [0.717, 1.165) is 10.1 Å². The lowest BCUT2D eigenvalue weighted by Crippen LogP contribution is -2.39. The van der Waals surface area contributed by atoms with Gasteiger partial charge < -0.3 is 18.9 Å². The van der Waals surface area contributed by atoms with Crippen LogP contribution in [0.4, 0.5) is 5.69 Å². The van der Waals surface area contributed by atoms with Crippen LogP contribution in [0.2, 0.25) is 5.02 Å². The number of hydrogen-bond donors (Lipinski definition) is 1. The summed E-state index contributed by atoms with van der Waals surface area (Å²) in [6.07, 6.45) is 1.44. The van der Waals surface area contributed by atoms with E-state index in [0.29, 0.717) is 23.8 Å². The normalized spacial score (nSPS) is 11.4. The zero-order valence-electron chi connectivity index (χ0n) is 22.9. The zero-order chi connectivity index (χ0) is 29.3. The van der Waals surface area contributed by atoms with E-state index in [1.807, 2.05) is 0 Å². The average Bonchev–Trinajstić information content (AvgIpc) is 2.94. The number of hydrogen-bond acceptors (Lipinski definition) is 8. The largest absolute Gasteiger partial charge is 0.495 e. The van der Waals surface area contributed by atoms with Gasteiger partial charge in [-0.2, -0.15) is 5.10 Å². The van der Waals surface area contributed by atoms with Crippen LogP contribution in [-0.2, 0) is 14.8 Å². The first-order valence-corrected chi connectivity index (χ1v) is 14.0. The molecule has 0 saturated heterocycles. The van der Waals surface area contributed by atoms with Crippen LogP contribution in [0.1, 0.15) is 19.4 Å². The molecule has 3 aromatic rings. The highest BCUT2D eigenvalue weighted by molar-refractivity contribution is 7.92. The van der Waals surface area contributed by atoms with E-state index in [2.05, 4.69) is 24.4 Å². The van der Waals surface area contributed by atoms with Gasteiger partial charge in [0.25, 0.3) is 15.9 Å². The Labute approximate surface area is 239 Å². The predicted molar refractivity (Wildman–Crippen MR) is 155 cm³/mol. The number of halogens is 1. The molecule has 0 bridgehead atoms. The molecule has 3 rings (SSSR count).